The zero-order valence-corrected chi connectivity index (χ0v) is 12.8. The fourth-order valence-electron chi connectivity index (χ4n) is 1.68. The van der Waals surface area contributed by atoms with E-state index in [1.165, 1.54) is 6.20 Å². The molecule has 114 valence electrons. The molecule has 2 aromatic rings. The Balaban J connectivity index is 0.00000106. The number of nitrogen functional groups attached to an aromatic ring is 2. The number of phenols is 1. The lowest BCUT2D eigenvalue weighted by molar-refractivity contribution is 0.455. The van der Waals surface area contributed by atoms with Gasteiger partial charge < -0.3 is 21.3 Å². The summed E-state index contributed by atoms with van der Waals surface area (Å²) in [7, 11) is 0. The van der Waals surface area contributed by atoms with Crippen molar-refractivity contribution in [3.8, 4) is 17.2 Å². The van der Waals surface area contributed by atoms with E-state index in [9.17, 15) is 5.11 Å². The van der Waals surface area contributed by atoms with E-state index in [1.807, 2.05) is 20.8 Å². The first-order chi connectivity index (χ1) is 10.0. The largest absolute Gasteiger partial charge is 0.508 e. The quantitative estimate of drug-likeness (QED) is 0.802. The van der Waals surface area contributed by atoms with Crippen molar-refractivity contribution in [2.24, 2.45) is 0 Å². The van der Waals surface area contributed by atoms with Crippen molar-refractivity contribution >= 4 is 11.8 Å². The molecule has 5 N–H and O–H groups in total. The van der Waals surface area contributed by atoms with Gasteiger partial charge in [-0.15, -0.1) is 0 Å². The monoisotopic (exact) mass is 290 g/mol. The van der Waals surface area contributed by atoms with Crippen molar-refractivity contribution in [1.29, 1.82) is 0 Å². The maximum Gasteiger partial charge on any atom is 0.222 e. The van der Waals surface area contributed by atoms with Crippen molar-refractivity contribution in [3.63, 3.8) is 0 Å². The molecule has 1 aromatic carbocycles. The number of phenolic OH excluding ortho intramolecular Hbond substituents is 1. The first-order valence-corrected chi connectivity index (χ1v) is 6.89. The normalized spacial score (nSPS) is 9.71. The summed E-state index contributed by atoms with van der Waals surface area (Å²) in [6.07, 6.45) is 2.15. The Hall–Kier alpha value is -2.50. The fourth-order valence-corrected chi connectivity index (χ4v) is 1.68. The first-order valence-electron chi connectivity index (χ1n) is 6.89. The second-order valence-electron chi connectivity index (χ2n) is 4.18. The van der Waals surface area contributed by atoms with Gasteiger partial charge in [0.05, 0.1) is 6.20 Å². The summed E-state index contributed by atoms with van der Waals surface area (Å²) in [5.74, 6) is 1.49. The minimum Gasteiger partial charge on any atom is -0.508 e. The second kappa shape index (κ2) is 7.33. The number of hydrogen-bond donors (Lipinski definition) is 3. The van der Waals surface area contributed by atoms with Crippen LogP contribution in [-0.4, -0.2) is 15.1 Å². The van der Waals surface area contributed by atoms with E-state index in [0.717, 1.165) is 17.5 Å². The van der Waals surface area contributed by atoms with Gasteiger partial charge in [0.1, 0.15) is 11.5 Å². The van der Waals surface area contributed by atoms with Gasteiger partial charge in [0, 0.05) is 0 Å². The number of aromatic hydroxyl groups is 1. The summed E-state index contributed by atoms with van der Waals surface area (Å²) >= 11 is 0. The molecule has 6 nitrogen and oxygen atoms in total. The Kier molecular flexibility index (Phi) is 5.78. The SMILES string of the molecule is CC.CCc1cc(O)c(C)cc1Oc1cnc(N)nc1N. The van der Waals surface area contributed by atoms with Crippen LogP contribution < -0.4 is 16.2 Å². The molecule has 0 bridgehead atoms. The van der Waals surface area contributed by atoms with E-state index >= 15 is 0 Å². The molecule has 0 radical (unpaired) electrons. The van der Waals surface area contributed by atoms with Gasteiger partial charge in [-0.2, -0.15) is 4.98 Å². The Labute approximate surface area is 124 Å². The van der Waals surface area contributed by atoms with E-state index in [1.54, 1.807) is 19.1 Å². The summed E-state index contributed by atoms with van der Waals surface area (Å²) in [4.78, 5) is 7.68. The fraction of sp³-hybridized carbons (Fsp3) is 0.333. The number of rotatable bonds is 3. The molecule has 1 heterocycles. The Morgan fingerprint density at radius 2 is 1.86 bits per heavy atom. The van der Waals surface area contributed by atoms with Gasteiger partial charge in [-0.25, -0.2) is 4.98 Å². The molecule has 0 aliphatic heterocycles. The molecule has 0 fully saturated rings. The third kappa shape index (κ3) is 3.98. The van der Waals surface area contributed by atoms with Crippen LogP contribution in [0.3, 0.4) is 0 Å². The topological polar surface area (TPSA) is 107 Å². The van der Waals surface area contributed by atoms with Crippen LogP contribution in [0.25, 0.3) is 0 Å². The van der Waals surface area contributed by atoms with Gasteiger partial charge in [-0.05, 0) is 36.6 Å². The highest BCUT2D eigenvalue weighted by atomic mass is 16.5. The Morgan fingerprint density at radius 3 is 2.43 bits per heavy atom. The van der Waals surface area contributed by atoms with Crippen LogP contribution in [0.15, 0.2) is 18.3 Å². The lowest BCUT2D eigenvalue weighted by Gasteiger charge is -2.13. The molecule has 0 saturated carbocycles. The molecule has 0 aliphatic carbocycles. The molecule has 6 heteroatoms. The lowest BCUT2D eigenvalue weighted by atomic mass is 10.1. The highest BCUT2D eigenvalue weighted by Crippen LogP contribution is 2.33. The number of ether oxygens (including phenoxy) is 1. The average molecular weight is 290 g/mol. The molecule has 0 atom stereocenters. The number of benzene rings is 1. The van der Waals surface area contributed by atoms with Gasteiger partial charge in [0.2, 0.25) is 5.95 Å². The zero-order valence-electron chi connectivity index (χ0n) is 12.8. The van der Waals surface area contributed by atoms with Gasteiger partial charge in [-0.3, -0.25) is 0 Å². The van der Waals surface area contributed by atoms with Crippen molar-refractivity contribution in [1.82, 2.24) is 9.97 Å². The highest BCUT2D eigenvalue weighted by molar-refractivity contribution is 5.52. The molecule has 2 rings (SSSR count). The average Bonchev–Trinajstić information content (AvgIpc) is 2.47. The number of aryl methyl sites for hydroxylation is 2. The molecule has 0 spiro atoms. The van der Waals surface area contributed by atoms with Crippen LogP contribution in [-0.2, 0) is 6.42 Å². The van der Waals surface area contributed by atoms with Gasteiger partial charge >= 0.3 is 0 Å². The van der Waals surface area contributed by atoms with Crippen LogP contribution in [0.1, 0.15) is 31.9 Å². The first kappa shape index (κ1) is 16.6. The second-order valence-corrected chi connectivity index (χ2v) is 4.18. The lowest BCUT2D eigenvalue weighted by Crippen LogP contribution is -2.02. The third-order valence-electron chi connectivity index (χ3n) is 2.78. The zero-order chi connectivity index (χ0) is 16.0. The summed E-state index contributed by atoms with van der Waals surface area (Å²) in [5, 5.41) is 9.69. The molecule has 0 saturated heterocycles. The minimum absolute atomic E-state index is 0.0995. The smallest absolute Gasteiger partial charge is 0.222 e. The van der Waals surface area contributed by atoms with Crippen molar-refractivity contribution in [3.05, 3.63) is 29.5 Å². The molecule has 21 heavy (non-hydrogen) atoms. The van der Waals surface area contributed by atoms with E-state index in [0.29, 0.717) is 11.5 Å². The molecular weight excluding hydrogens is 268 g/mol. The number of nitrogens with zero attached hydrogens (tertiary/aromatic N) is 2. The number of nitrogens with two attached hydrogens (primary N) is 2. The highest BCUT2D eigenvalue weighted by Gasteiger charge is 2.11. The molecule has 0 aliphatic rings. The minimum atomic E-state index is 0.0995. The standard InChI is InChI=1S/C13H16N4O2.C2H6/c1-3-8-5-9(18)7(2)4-10(8)19-11-6-16-13(15)17-12(11)14;1-2/h4-6,18H,3H2,1-2H3,(H4,14,15,16,17);1-2H3. The van der Waals surface area contributed by atoms with Crippen LogP contribution in [0.4, 0.5) is 11.8 Å². The molecular formula is C15H22N4O2. The predicted molar refractivity (Wildman–Crippen MR) is 84.5 cm³/mol. The van der Waals surface area contributed by atoms with Crippen LogP contribution in [0.5, 0.6) is 17.2 Å². The number of aromatic nitrogens is 2. The van der Waals surface area contributed by atoms with E-state index in [2.05, 4.69) is 9.97 Å². The van der Waals surface area contributed by atoms with Crippen LogP contribution in [0.2, 0.25) is 0 Å². The molecule has 0 amide bonds. The summed E-state index contributed by atoms with van der Waals surface area (Å²) < 4.78 is 5.71. The Bertz CT molecular complexity index is 615. The maximum absolute atomic E-state index is 9.69. The van der Waals surface area contributed by atoms with Crippen LogP contribution in [0, 0.1) is 6.92 Å². The Morgan fingerprint density at radius 1 is 1.19 bits per heavy atom. The van der Waals surface area contributed by atoms with Crippen LogP contribution >= 0.6 is 0 Å². The van der Waals surface area contributed by atoms with Gasteiger partial charge in [-0.1, -0.05) is 20.8 Å². The summed E-state index contributed by atoms with van der Waals surface area (Å²) in [6.45, 7) is 7.77. The number of hydrogen-bond acceptors (Lipinski definition) is 6. The maximum atomic E-state index is 9.69. The summed E-state index contributed by atoms with van der Waals surface area (Å²) in [6, 6.07) is 3.43. The number of anilines is 2. The third-order valence-corrected chi connectivity index (χ3v) is 2.78. The summed E-state index contributed by atoms with van der Waals surface area (Å²) in [5.41, 5.74) is 12.8. The van der Waals surface area contributed by atoms with Crippen molar-refractivity contribution < 1.29 is 9.84 Å². The van der Waals surface area contributed by atoms with Gasteiger partial charge in [0.15, 0.2) is 11.6 Å². The molecule has 1 aromatic heterocycles. The van der Waals surface area contributed by atoms with E-state index in [4.69, 9.17) is 16.2 Å². The van der Waals surface area contributed by atoms with Gasteiger partial charge in [0.25, 0.3) is 0 Å². The predicted octanol–water partition coefficient (Wildman–Crippen LogP) is 3.04. The van der Waals surface area contributed by atoms with E-state index < -0.39 is 0 Å². The molecule has 0 unspecified atom stereocenters. The van der Waals surface area contributed by atoms with E-state index in [-0.39, 0.29) is 17.5 Å². The van der Waals surface area contributed by atoms with Crippen molar-refractivity contribution in [2.45, 2.75) is 34.1 Å². The van der Waals surface area contributed by atoms with Crippen molar-refractivity contribution in [2.75, 3.05) is 11.5 Å².